The van der Waals surface area contributed by atoms with Crippen LogP contribution in [0, 0.1) is 0 Å². The Kier molecular flexibility index (Phi) is 3.04. The lowest BCUT2D eigenvalue weighted by Gasteiger charge is -2.11. The highest BCUT2D eigenvalue weighted by Crippen LogP contribution is 2.13. The molecule has 1 aliphatic rings. The van der Waals surface area contributed by atoms with Crippen LogP contribution in [0.4, 0.5) is 0 Å². The van der Waals surface area contributed by atoms with Crippen molar-refractivity contribution in [2.75, 3.05) is 0 Å². The van der Waals surface area contributed by atoms with Crippen LogP contribution in [0.25, 0.3) is 12.2 Å². The highest BCUT2D eigenvalue weighted by Gasteiger charge is 2.09. The second kappa shape index (κ2) is 4.47. The Morgan fingerprint density at radius 1 is 1.25 bits per heavy atom. The first-order chi connectivity index (χ1) is 7.70. The summed E-state index contributed by atoms with van der Waals surface area (Å²) in [4.78, 5) is 12.1. The Bertz CT molecular complexity index is 495. The molecule has 0 unspecified atom stereocenters. The third-order valence-electron chi connectivity index (χ3n) is 2.64. The van der Waals surface area contributed by atoms with E-state index in [-0.39, 0.29) is 11.6 Å². The highest BCUT2D eigenvalue weighted by molar-refractivity contribution is 5.64. The summed E-state index contributed by atoms with van der Waals surface area (Å²) in [6.45, 7) is 3.92. The zero-order chi connectivity index (χ0) is 11.5. The molecule has 0 spiro atoms. The Labute approximate surface area is 95.1 Å². The van der Waals surface area contributed by atoms with Crippen molar-refractivity contribution in [1.82, 2.24) is 9.78 Å². The Balaban J connectivity index is 2.63. The van der Waals surface area contributed by atoms with Crippen LogP contribution in [0.1, 0.15) is 43.9 Å². The number of fused-ring (bicyclic) bond motifs is 1. The van der Waals surface area contributed by atoms with Gasteiger partial charge in [-0.2, -0.15) is 5.10 Å². The zero-order valence-electron chi connectivity index (χ0n) is 9.68. The zero-order valence-corrected chi connectivity index (χ0v) is 9.68. The largest absolute Gasteiger partial charge is 0.274 e. The summed E-state index contributed by atoms with van der Waals surface area (Å²) in [5, 5.41) is 4.18. The van der Waals surface area contributed by atoms with E-state index in [1.54, 1.807) is 6.20 Å². The summed E-state index contributed by atoms with van der Waals surface area (Å²) in [6.07, 6.45) is 11.8. The monoisotopic (exact) mass is 216 g/mol. The fourth-order valence-electron chi connectivity index (χ4n) is 1.77. The summed E-state index contributed by atoms with van der Waals surface area (Å²) < 4.78 is 1.53. The number of hydrogen-bond acceptors (Lipinski definition) is 2. The van der Waals surface area contributed by atoms with Gasteiger partial charge in [-0.15, -0.1) is 0 Å². The molecular formula is C13H16N2O. The van der Waals surface area contributed by atoms with Crippen molar-refractivity contribution in [3.05, 3.63) is 39.8 Å². The van der Waals surface area contributed by atoms with E-state index in [1.165, 1.54) is 4.68 Å². The first-order valence-electron chi connectivity index (χ1n) is 5.65. The molecule has 0 fully saturated rings. The van der Waals surface area contributed by atoms with Gasteiger partial charge < -0.3 is 0 Å². The number of nitrogens with zero attached hydrogens (tertiary/aromatic N) is 2. The summed E-state index contributed by atoms with van der Waals surface area (Å²) in [7, 11) is 0. The van der Waals surface area contributed by atoms with E-state index >= 15 is 0 Å². The van der Waals surface area contributed by atoms with Gasteiger partial charge in [-0.25, -0.2) is 4.68 Å². The fraction of sp³-hybridized carbons (Fsp3) is 0.385. The summed E-state index contributed by atoms with van der Waals surface area (Å²) in [5.74, 6) is 0. The molecule has 3 nitrogen and oxygen atoms in total. The van der Waals surface area contributed by atoms with E-state index in [9.17, 15) is 4.79 Å². The van der Waals surface area contributed by atoms with Gasteiger partial charge in [-0.3, -0.25) is 4.79 Å². The van der Waals surface area contributed by atoms with Crippen molar-refractivity contribution in [2.45, 2.75) is 32.7 Å². The number of aromatic nitrogens is 2. The minimum absolute atomic E-state index is 0.00435. The van der Waals surface area contributed by atoms with Crippen molar-refractivity contribution in [1.29, 1.82) is 0 Å². The summed E-state index contributed by atoms with van der Waals surface area (Å²) >= 11 is 0. The van der Waals surface area contributed by atoms with Crippen LogP contribution in [0.5, 0.6) is 0 Å². The van der Waals surface area contributed by atoms with Gasteiger partial charge in [-0.05, 0) is 26.7 Å². The molecule has 16 heavy (non-hydrogen) atoms. The van der Waals surface area contributed by atoms with Crippen molar-refractivity contribution in [3.63, 3.8) is 0 Å². The normalized spacial score (nSPS) is 18.7. The van der Waals surface area contributed by atoms with E-state index < -0.39 is 0 Å². The second-order valence-corrected chi connectivity index (χ2v) is 4.24. The first-order valence-corrected chi connectivity index (χ1v) is 5.65. The molecule has 0 N–H and O–H groups in total. The predicted molar refractivity (Wildman–Crippen MR) is 66.2 cm³/mol. The van der Waals surface area contributed by atoms with E-state index in [0.717, 1.165) is 24.0 Å². The molecule has 0 saturated carbocycles. The SMILES string of the molecule is CC(C)n1ncc2c(c1=O)/C=C\CC/C=C\2. The molecule has 0 atom stereocenters. The average Bonchev–Trinajstić information content (AvgIpc) is 2.19. The van der Waals surface area contributed by atoms with Gasteiger partial charge in [0.1, 0.15) is 0 Å². The second-order valence-electron chi connectivity index (χ2n) is 4.24. The van der Waals surface area contributed by atoms with Crippen molar-refractivity contribution in [3.8, 4) is 0 Å². The van der Waals surface area contributed by atoms with Gasteiger partial charge in [0, 0.05) is 11.1 Å². The van der Waals surface area contributed by atoms with Crippen molar-refractivity contribution in [2.24, 2.45) is 0 Å². The van der Waals surface area contributed by atoms with E-state index in [4.69, 9.17) is 0 Å². The van der Waals surface area contributed by atoms with Gasteiger partial charge in [0.2, 0.25) is 0 Å². The molecule has 1 aromatic rings. The molecule has 0 aliphatic heterocycles. The molecule has 0 radical (unpaired) electrons. The van der Waals surface area contributed by atoms with Gasteiger partial charge in [-0.1, -0.05) is 24.3 Å². The van der Waals surface area contributed by atoms with Gasteiger partial charge in [0.25, 0.3) is 5.56 Å². The molecule has 0 aromatic carbocycles. The highest BCUT2D eigenvalue weighted by atomic mass is 16.1. The standard InChI is InChI=1S/C13H16N2O/c1-10(2)15-13(16)12-8-6-4-3-5-7-11(12)9-14-15/h5-10H,3-4H2,1-2H3/b7-5-,8-6-. The third kappa shape index (κ3) is 1.98. The number of allylic oxidation sites excluding steroid dienone is 2. The molecule has 0 bridgehead atoms. The maximum Gasteiger partial charge on any atom is 0.274 e. The maximum atomic E-state index is 12.1. The summed E-state index contributed by atoms with van der Waals surface area (Å²) in [5.41, 5.74) is 1.66. The van der Waals surface area contributed by atoms with Crippen LogP contribution >= 0.6 is 0 Å². The van der Waals surface area contributed by atoms with E-state index in [0.29, 0.717) is 0 Å². The van der Waals surface area contributed by atoms with Crippen molar-refractivity contribution >= 4 is 12.2 Å². The first kappa shape index (κ1) is 10.9. The van der Waals surface area contributed by atoms with E-state index in [1.807, 2.05) is 26.0 Å². The average molecular weight is 216 g/mol. The molecule has 3 heteroatoms. The Hall–Kier alpha value is -1.64. The molecule has 1 aromatic heterocycles. The molecule has 0 saturated heterocycles. The molecule has 2 rings (SSSR count). The fourth-order valence-corrected chi connectivity index (χ4v) is 1.77. The number of hydrogen-bond donors (Lipinski definition) is 0. The molecule has 0 amide bonds. The molecule has 84 valence electrons. The van der Waals surface area contributed by atoms with E-state index in [2.05, 4.69) is 17.3 Å². The van der Waals surface area contributed by atoms with Crippen LogP contribution in [-0.4, -0.2) is 9.78 Å². The van der Waals surface area contributed by atoms with Gasteiger partial charge in [0.15, 0.2) is 0 Å². The predicted octanol–water partition coefficient (Wildman–Crippen LogP) is 2.64. The lowest BCUT2D eigenvalue weighted by Crippen LogP contribution is -2.27. The Morgan fingerprint density at radius 3 is 2.62 bits per heavy atom. The maximum absolute atomic E-state index is 12.1. The van der Waals surface area contributed by atoms with Crippen LogP contribution in [-0.2, 0) is 0 Å². The lowest BCUT2D eigenvalue weighted by molar-refractivity contribution is 0.501. The lowest BCUT2D eigenvalue weighted by atomic mass is 10.1. The van der Waals surface area contributed by atoms with Crippen LogP contribution < -0.4 is 5.56 Å². The van der Waals surface area contributed by atoms with Crippen LogP contribution in [0.15, 0.2) is 23.1 Å². The van der Waals surface area contributed by atoms with Gasteiger partial charge >= 0.3 is 0 Å². The van der Waals surface area contributed by atoms with Crippen LogP contribution in [0.3, 0.4) is 0 Å². The van der Waals surface area contributed by atoms with Crippen LogP contribution in [0.2, 0.25) is 0 Å². The minimum Gasteiger partial charge on any atom is -0.267 e. The summed E-state index contributed by atoms with van der Waals surface area (Å²) in [6, 6.07) is 0.0978. The van der Waals surface area contributed by atoms with Gasteiger partial charge in [0.05, 0.1) is 12.2 Å². The number of rotatable bonds is 1. The minimum atomic E-state index is -0.00435. The molecule has 1 aliphatic carbocycles. The quantitative estimate of drug-likeness (QED) is 0.723. The molecule has 1 heterocycles. The third-order valence-corrected chi connectivity index (χ3v) is 2.64. The smallest absolute Gasteiger partial charge is 0.267 e. The topological polar surface area (TPSA) is 34.9 Å². The Morgan fingerprint density at radius 2 is 1.94 bits per heavy atom. The van der Waals surface area contributed by atoms with Crippen molar-refractivity contribution < 1.29 is 0 Å². The molecular weight excluding hydrogens is 200 g/mol.